The number of nitrogens with zero attached hydrogens (tertiary/aromatic N) is 4. The van der Waals surface area contributed by atoms with Crippen LogP contribution >= 0.6 is 11.6 Å². The van der Waals surface area contributed by atoms with Crippen LogP contribution in [0.3, 0.4) is 0 Å². The Morgan fingerprint density at radius 2 is 1.90 bits per heavy atom. The van der Waals surface area contributed by atoms with Gasteiger partial charge < -0.3 is 4.90 Å². The molecule has 1 unspecified atom stereocenters. The van der Waals surface area contributed by atoms with Gasteiger partial charge in [-0.3, -0.25) is 14.2 Å². The summed E-state index contributed by atoms with van der Waals surface area (Å²) in [4.78, 5) is 39.2. The van der Waals surface area contributed by atoms with Crippen molar-refractivity contribution in [2.45, 2.75) is 51.5 Å². The Labute approximate surface area is 175 Å². The van der Waals surface area contributed by atoms with E-state index in [9.17, 15) is 14.4 Å². The molecule has 0 bridgehead atoms. The van der Waals surface area contributed by atoms with Gasteiger partial charge in [-0.1, -0.05) is 11.6 Å². The summed E-state index contributed by atoms with van der Waals surface area (Å²) in [5, 5.41) is 5.01. The fourth-order valence-electron chi connectivity index (χ4n) is 3.84. The van der Waals surface area contributed by atoms with Gasteiger partial charge in [0.2, 0.25) is 5.91 Å². The molecule has 0 aliphatic carbocycles. The number of rotatable bonds is 6. The number of aromatic nitrogens is 3. The highest BCUT2D eigenvalue weighted by atomic mass is 35.5. The number of piperidine rings is 1. The zero-order valence-electron chi connectivity index (χ0n) is 17.1. The van der Waals surface area contributed by atoms with Crippen LogP contribution in [0.15, 0.2) is 29.1 Å². The first kappa shape index (κ1) is 21.3. The average molecular weight is 419 g/mol. The van der Waals surface area contributed by atoms with Crippen LogP contribution in [0.2, 0.25) is 5.02 Å². The van der Waals surface area contributed by atoms with Crippen LogP contribution in [-0.4, -0.2) is 44.0 Å². The summed E-state index contributed by atoms with van der Waals surface area (Å²) in [5.74, 6) is 0.659. The fourth-order valence-corrected chi connectivity index (χ4v) is 3.96. The van der Waals surface area contributed by atoms with Gasteiger partial charge in [0.15, 0.2) is 5.78 Å². The third kappa shape index (κ3) is 4.78. The maximum atomic E-state index is 12.7. The number of carbonyl (C=O) groups excluding carboxylic acids is 2. The molecule has 29 heavy (non-hydrogen) atoms. The van der Waals surface area contributed by atoms with Crippen LogP contribution in [0, 0.1) is 0 Å². The molecule has 1 amide bonds. The van der Waals surface area contributed by atoms with Crippen molar-refractivity contribution in [3.05, 3.63) is 51.2 Å². The van der Waals surface area contributed by atoms with Gasteiger partial charge in [0.05, 0.1) is 0 Å². The fraction of sp³-hybridized carbons (Fsp3) is 0.524. The van der Waals surface area contributed by atoms with Crippen molar-refractivity contribution in [1.29, 1.82) is 0 Å². The SMILES string of the molecule is CC(C)n1c(C2CCCN(C(=O)CCC(=O)c3ccc(Cl)cc3)C2)nn(C)c1=O. The summed E-state index contributed by atoms with van der Waals surface area (Å²) in [5.41, 5.74) is 0.431. The predicted octanol–water partition coefficient (Wildman–Crippen LogP) is 3.19. The number of benzene rings is 1. The number of likely N-dealkylation sites (tertiary alicyclic amines) is 1. The summed E-state index contributed by atoms with van der Waals surface area (Å²) in [6.45, 7) is 5.11. The van der Waals surface area contributed by atoms with Gasteiger partial charge in [-0.25, -0.2) is 9.48 Å². The molecule has 1 aliphatic rings. The zero-order chi connectivity index (χ0) is 21.1. The van der Waals surface area contributed by atoms with Crippen molar-refractivity contribution in [2.75, 3.05) is 13.1 Å². The van der Waals surface area contributed by atoms with E-state index in [-0.39, 0.29) is 42.2 Å². The molecule has 1 fully saturated rings. The van der Waals surface area contributed by atoms with Crippen LogP contribution in [0.25, 0.3) is 0 Å². The standard InChI is InChI=1S/C21H27ClN4O3/c1-14(2)26-20(23-24(3)21(26)29)16-5-4-12-25(13-16)19(28)11-10-18(27)15-6-8-17(22)9-7-15/h6-9,14,16H,4-5,10-13H2,1-3H3. The molecule has 0 N–H and O–H groups in total. The third-order valence-corrected chi connectivity index (χ3v) is 5.62. The van der Waals surface area contributed by atoms with E-state index in [1.165, 1.54) is 4.68 Å². The number of hydrogen-bond donors (Lipinski definition) is 0. The maximum absolute atomic E-state index is 12.7. The molecule has 1 saturated heterocycles. The molecule has 8 heteroatoms. The van der Waals surface area contributed by atoms with E-state index in [1.54, 1.807) is 40.8 Å². The van der Waals surface area contributed by atoms with E-state index in [0.717, 1.165) is 18.7 Å². The molecule has 7 nitrogen and oxygen atoms in total. The van der Waals surface area contributed by atoms with Gasteiger partial charge in [-0.2, -0.15) is 5.10 Å². The topological polar surface area (TPSA) is 77.2 Å². The Balaban J connectivity index is 1.64. The van der Waals surface area contributed by atoms with Crippen molar-refractivity contribution in [1.82, 2.24) is 19.2 Å². The van der Waals surface area contributed by atoms with E-state index in [2.05, 4.69) is 5.10 Å². The first-order valence-electron chi connectivity index (χ1n) is 10.00. The number of halogens is 1. The van der Waals surface area contributed by atoms with Crippen LogP contribution in [0.4, 0.5) is 0 Å². The van der Waals surface area contributed by atoms with Crippen molar-refractivity contribution in [3.63, 3.8) is 0 Å². The third-order valence-electron chi connectivity index (χ3n) is 5.37. The second-order valence-electron chi connectivity index (χ2n) is 7.84. The summed E-state index contributed by atoms with van der Waals surface area (Å²) in [7, 11) is 1.65. The molecule has 1 atom stereocenters. The molecule has 2 aromatic rings. The molecule has 1 aromatic carbocycles. The Kier molecular flexibility index (Phi) is 6.57. The van der Waals surface area contributed by atoms with Crippen LogP contribution in [-0.2, 0) is 11.8 Å². The molecule has 1 aliphatic heterocycles. The van der Waals surface area contributed by atoms with Crippen molar-refractivity contribution in [2.24, 2.45) is 7.05 Å². The lowest BCUT2D eigenvalue weighted by Crippen LogP contribution is -2.40. The predicted molar refractivity (Wildman–Crippen MR) is 111 cm³/mol. The smallest absolute Gasteiger partial charge is 0.342 e. The van der Waals surface area contributed by atoms with E-state index in [4.69, 9.17) is 11.6 Å². The normalized spacial score (nSPS) is 17.0. The Morgan fingerprint density at radius 1 is 1.21 bits per heavy atom. The number of amides is 1. The van der Waals surface area contributed by atoms with Crippen LogP contribution in [0.1, 0.15) is 67.7 Å². The Hall–Kier alpha value is -2.41. The maximum Gasteiger partial charge on any atom is 0.345 e. The summed E-state index contributed by atoms with van der Waals surface area (Å²) in [6.07, 6.45) is 2.08. The molecular weight excluding hydrogens is 392 g/mol. The molecule has 0 spiro atoms. The van der Waals surface area contributed by atoms with E-state index in [1.807, 2.05) is 13.8 Å². The van der Waals surface area contributed by atoms with Gasteiger partial charge in [0.1, 0.15) is 5.82 Å². The quantitative estimate of drug-likeness (QED) is 0.675. The van der Waals surface area contributed by atoms with Gasteiger partial charge in [0.25, 0.3) is 0 Å². The first-order chi connectivity index (χ1) is 13.8. The van der Waals surface area contributed by atoms with Crippen molar-refractivity contribution >= 4 is 23.3 Å². The van der Waals surface area contributed by atoms with Crippen LogP contribution < -0.4 is 5.69 Å². The minimum atomic E-state index is -0.132. The Bertz CT molecular complexity index is 946. The summed E-state index contributed by atoms with van der Waals surface area (Å²) >= 11 is 5.85. The minimum absolute atomic E-state index is 0.00859. The highest BCUT2D eigenvalue weighted by Gasteiger charge is 2.30. The zero-order valence-corrected chi connectivity index (χ0v) is 17.9. The molecule has 156 valence electrons. The number of aryl methyl sites for hydroxylation is 1. The number of carbonyl (C=O) groups is 2. The van der Waals surface area contributed by atoms with E-state index < -0.39 is 0 Å². The highest BCUT2D eigenvalue weighted by molar-refractivity contribution is 6.30. The van der Waals surface area contributed by atoms with Gasteiger partial charge in [0, 0.05) is 55.5 Å². The summed E-state index contributed by atoms with van der Waals surface area (Å²) in [6, 6.07) is 6.71. The molecule has 1 aromatic heterocycles. The lowest BCUT2D eigenvalue weighted by molar-refractivity contribution is -0.132. The monoisotopic (exact) mass is 418 g/mol. The molecule has 0 radical (unpaired) electrons. The second-order valence-corrected chi connectivity index (χ2v) is 8.27. The number of Topliss-reactive ketones (excluding diaryl/α,β-unsaturated/α-hetero) is 1. The van der Waals surface area contributed by atoms with Crippen molar-refractivity contribution < 1.29 is 9.59 Å². The van der Waals surface area contributed by atoms with E-state index >= 15 is 0 Å². The van der Waals surface area contributed by atoms with Crippen molar-refractivity contribution in [3.8, 4) is 0 Å². The molecule has 3 rings (SSSR count). The summed E-state index contributed by atoms with van der Waals surface area (Å²) < 4.78 is 3.07. The number of hydrogen-bond acceptors (Lipinski definition) is 4. The molecular formula is C21H27ClN4O3. The van der Waals surface area contributed by atoms with Crippen LogP contribution in [0.5, 0.6) is 0 Å². The Morgan fingerprint density at radius 3 is 2.55 bits per heavy atom. The first-order valence-corrected chi connectivity index (χ1v) is 10.4. The van der Waals surface area contributed by atoms with Gasteiger partial charge in [-0.15, -0.1) is 0 Å². The lowest BCUT2D eigenvalue weighted by atomic mass is 9.96. The minimum Gasteiger partial charge on any atom is -0.342 e. The molecule has 2 heterocycles. The van der Waals surface area contributed by atoms with Gasteiger partial charge in [-0.05, 0) is 51.0 Å². The van der Waals surface area contributed by atoms with Gasteiger partial charge >= 0.3 is 5.69 Å². The second kappa shape index (κ2) is 8.95. The number of ketones is 1. The average Bonchev–Trinajstić information content (AvgIpc) is 3.01. The largest absolute Gasteiger partial charge is 0.345 e. The molecule has 0 saturated carbocycles. The lowest BCUT2D eigenvalue weighted by Gasteiger charge is -2.32. The van der Waals surface area contributed by atoms with E-state index in [0.29, 0.717) is 23.7 Å². The highest BCUT2D eigenvalue weighted by Crippen LogP contribution is 2.27.